The lowest BCUT2D eigenvalue weighted by Crippen LogP contribution is -2.43. The first-order valence-corrected chi connectivity index (χ1v) is 5.67. The summed E-state index contributed by atoms with van der Waals surface area (Å²) in [7, 11) is 0. The highest BCUT2D eigenvalue weighted by atomic mass is 79.9. The van der Waals surface area contributed by atoms with Gasteiger partial charge < -0.3 is 10.6 Å². The van der Waals surface area contributed by atoms with Crippen molar-refractivity contribution >= 4 is 34.2 Å². The summed E-state index contributed by atoms with van der Waals surface area (Å²) in [5.74, 6) is 1.03. The van der Waals surface area contributed by atoms with Gasteiger partial charge in [0.05, 0.1) is 0 Å². The molecule has 1 aliphatic heterocycles. The molecule has 0 bridgehead atoms. The molecule has 0 aliphatic carbocycles. The van der Waals surface area contributed by atoms with Crippen LogP contribution in [-0.4, -0.2) is 24.1 Å². The van der Waals surface area contributed by atoms with Gasteiger partial charge in [-0.2, -0.15) is 0 Å². The van der Waals surface area contributed by atoms with Gasteiger partial charge in [-0.15, -0.1) is 12.4 Å². The number of pyridine rings is 1. The molecule has 1 atom stereocenters. The van der Waals surface area contributed by atoms with Gasteiger partial charge in [0, 0.05) is 29.8 Å². The van der Waals surface area contributed by atoms with Crippen LogP contribution < -0.4 is 10.6 Å². The Morgan fingerprint density at radius 2 is 2.27 bits per heavy atom. The number of nitrogens with two attached hydrogens (primary N) is 1. The third-order valence-corrected chi connectivity index (χ3v) is 2.96. The van der Waals surface area contributed by atoms with Crippen LogP contribution in [0.5, 0.6) is 0 Å². The van der Waals surface area contributed by atoms with Gasteiger partial charge in [0.15, 0.2) is 0 Å². The van der Waals surface area contributed by atoms with Crippen molar-refractivity contribution in [3.63, 3.8) is 0 Å². The molecule has 1 aliphatic rings. The smallest absolute Gasteiger partial charge is 0.128 e. The zero-order chi connectivity index (χ0) is 9.97. The van der Waals surface area contributed by atoms with Crippen LogP contribution in [-0.2, 0) is 0 Å². The van der Waals surface area contributed by atoms with Crippen LogP contribution in [0, 0.1) is 0 Å². The van der Waals surface area contributed by atoms with Crippen LogP contribution >= 0.6 is 28.3 Å². The van der Waals surface area contributed by atoms with E-state index in [1.165, 1.54) is 6.42 Å². The van der Waals surface area contributed by atoms with Gasteiger partial charge in [-0.3, -0.25) is 0 Å². The van der Waals surface area contributed by atoms with E-state index in [0.717, 1.165) is 29.8 Å². The van der Waals surface area contributed by atoms with Crippen molar-refractivity contribution < 1.29 is 0 Å². The zero-order valence-electron chi connectivity index (χ0n) is 8.40. The Labute approximate surface area is 105 Å². The predicted molar refractivity (Wildman–Crippen MR) is 68.6 cm³/mol. The summed E-state index contributed by atoms with van der Waals surface area (Å²) in [4.78, 5) is 6.61. The van der Waals surface area contributed by atoms with Crippen molar-refractivity contribution in [1.82, 2.24) is 4.98 Å². The first-order chi connectivity index (χ1) is 6.75. The van der Waals surface area contributed by atoms with Crippen molar-refractivity contribution in [2.24, 2.45) is 5.73 Å². The second kappa shape index (κ2) is 5.68. The molecule has 0 aromatic carbocycles. The van der Waals surface area contributed by atoms with Gasteiger partial charge in [-0.1, -0.05) is 0 Å². The Balaban J connectivity index is 0.00000112. The topological polar surface area (TPSA) is 42.1 Å². The fourth-order valence-electron chi connectivity index (χ4n) is 1.77. The van der Waals surface area contributed by atoms with Gasteiger partial charge in [0.2, 0.25) is 0 Å². The lowest BCUT2D eigenvalue weighted by Gasteiger charge is -2.31. The van der Waals surface area contributed by atoms with E-state index in [1.54, 1.807) is 0 Å². The maximum atomic E-state index is 5.91. The molecule has 1 fully saturated rings. The molecule has 0 radical (unpaired) electrons. The highest BCUT2D eigenvalue weighted by Crippen LogP contribution is 2.18. The number of rotatable bonds is 1. The Morgan fingerprint density at radius 3 is 2.87 bits per heavy atom. The lowest BCUT2D eigenvalue weighted by molar-refractivity contribution is 0.503. The largest absolute Gasteiger partial charge is 0.355 e. The fourth-order valence-corrected chi connectivity index (χ4v) is 2.01. The van der Waals surface area contributed by atoms with Crippen molar-refractivity contribution in [3.8, 4) is 0 Å². The summed E-state index contributed by atoms with van der Waals surface area (Å²) in [6, 6.07) is 4.35. The minimum atomic E-state index is 0. The normalized spacial score (nSPS) is 20.9. The highest BCUT2D eigenvalue weighted by Gasteiger charge is 2.17. The van der Waals surface area contributed by atoms with Crippen molar-refractivity contribution in [3.05, 3.63) is 22.8 Å². The molecular weight excluding hydrogens is 277 g/mol. The van der Waals surface area contributed by atoms with Crippen molar-refractivity contribution in [1.29, 1.82) is 0 Å². The molecule has 2 rings (SSSR count). The van der Waals surface area contributed by atoms with Crippen LogP contribution in [0.3, 0.4) is 0 Å². The van der Waals surface area contributed by atoms with Gasteiger partial charge in [-0.05, 0) is 40.9 Å². The molecule has 0 amide bonds. The molecule has 5 heteroatoms. The van der Waals surface area contributed by atoms with E-state index in [9.17, 15) is 0 Å². The standard InChI is InChI=1S/C10H14BrN3.ClH/c11-8-3-4-10(13-6-8)14-5-1-2-9(12)7-14;/h3-4,6,9H,1-2,5,7,12H2;1H. The maximum Gasteiger partial charge on any atom is 0.128 e. The molecule has 84 valence electrons. The Bertz CT molecular complexity index is 304. The summed E-state index contributed by atoms with van der Waals surface area (Å²) in [5, 5.41) is 0. The third-order valence-electron chi connectivity index (χ3n) is 2.49. The second-order valence-corrected chi connectivity index (χ2v) is 4.60. The van der Waals surface area contributed by atoms with Gasteiger partial charge >= 0.3 is 0 Å². The number of piperidine rings is 1. The van der Waals surface area contributed by atoms with Crippen LogP contribution in [0.4, 0.5) is 5.82 Å². The first-order valence-electron chi connectivity index (χ1n) is 4.88. The van der Waals surface area contributed by atoms with Crippen LogP contribution in [0.25, 0.3) is 0 Å². The van der Waals surface area contributed by atoms with E-state index in [2.05, 4.69) is 25.8 Å². The fraction of sp³-hybridized carbons (Fsp3) is 0.500. The van der Waals surface area contributed by atoms with Crippen molar-refractivity contribution in [2.75, 3.05) is 18.0 Å². The molecule has 2 N–H and O–H groups in total. The van der Waals surface area contributed by atoms with E-state index in [4.69, 9.17) is 5.73 Å². The van der Waals surface area contributed by atoms with Gasteiger partial charge in [0.1, 0.15) is 5.82 Å². The molecule has 15 heavy (non-hydrogen) atoms. The van der Waals surface area contributed by atoms with E-state index < -0.39 is 0 Å². The van der Waals surface area contributed by atoms with Crippen LogP contribution in [0.1, 0.15) is 12.8 Å². The SMILES string of the molecule is Cl.NC1CCCN(c2ccc(Br)cn2)C1. The Hall–Kier alpha value is -0.320. The molecule has 1 aromatic heterocycles. The minimum Gasteiger partial charge on any atom is -0.355 e. The summed E-state index contributed by atoms with van der Waals surface area (Å²) >= 11 is 3.38. The number of hydrogen-bond donors (Lipinski definition) is 1. The molecule has 0 saturated carbocycles. The van der Waals surface area contributed by atoms with E-state index >= 15 is 0 Å². The molecule has 1 saturated heterocycles. The Morgan fingerprint density at radius 1 is 1.47 bits per heavy atom. The van der Waals surface area contributed by atoms with Crippen LogP contribution in [0.15, 0.2) is 22.8 Å². The Kier molecular flexibility index (Phi) is 4.83. The number of nitrogens with zero attached hydrogens (tertiary/aromatic N) is 2. The number of hydrogen-bond acceptors (Lipinski definition) is 3. The number of anilines is 1. The molecule has 1 unspecified atom stereocenters. The summed E-state index contributed by atoms with van der Waals surface area (Å²) < 4.78 is 1.02. The number of halogens is 2. The summed E-state index contributed by atoms with van der Waals surface area (Å²) in [5.41, 5.74) is 5.91. The monoisotopic (exact) mass is 291 g/mol. The second-order valence-electron chi connectivity index (χ2n) is 3.68. The summed E-state index contributed by atoms with van der Waals surface area (Å²) in [6.07, 6.45) is 4.13. The van der Waals surface area contributed by atoms with E-state index in [1.807, 2.05) is 18.3 Å². The lowest BCUT2D eigenvalue weighted by atomic mass is 10.1. The van der Waals surface area contributed by atoms with Crippen molar-refractivity contribution in [2.45, 2.75) is 18.9 Å². The first kappa shape index (κ1) is 12.7. The van der Waals surface area contributed by atoms with Crippen LogP contribution in [0.2, 0.25) is 0 Å². The average molecular weight is 293 g/mol. The summed E-state index contributed by atoms with van der Waals surface area (Å²) in [6.45, 7) is 2.00. The molecule has 0 spiro atoms. The third kappa shape index (κ3) is 3.33. The predicted octanol–water partition coefficient (Wildman–Crippen LogP) is 2.19. The molecule has 2 heterocycles. The average Bonchev–Trinajstić information content (AvgIpc) is 2.19. The molecule has 1 aromatic rings. The highest BCUT2D eigenvalue weighted by molar-refractivity contribution is 9.10. The minimum absolute atomic E-state index is 0. The quantitative estimate of drug-likeness (QED) is 0.863. The number of aromatic nitrogens is 1. The molecule has 3 nitrogen and oxygen atoms in total. The van der Waals surface area contributed by atoms with Gasteiger partial charge in [-0.25, -0.2) is 4.98 Å². The van der Waals surface area contributed by atoms with Gasteiger partial charge in [0.25, 0.3) is 0 Å². The van der Waals surface area contributed by atoms with E-state index in [-0.39, 0.29) is 12.4 Å². The maximum absolute atomic E-state index is 5.91. The van der Waals surface area contributed by atoms with E-state index in [0.29, 0.717) is 6.04 Å². The molecular formula is C10H15BrClN3. The zero-order valence-corrected chi connectivity index (χ0v) is 10.8.